The second-order valence-corrected chi connectivity index (χ2v) is 3.84. The molecule has 0 aliphatic heterocycles. The number of aromatic nitrogens is 4. The maximum absolute atomic E-state index is 4.88. The summed E-state index contributed by atoms with van der Waals surface area (Å²) in [5.41, 5.74) is 0.792. The van der Waals surface area contributed by atoms with E-state index in [9.17, 15) is 0 Å². The van der Waals surface area contributed by atoms with Gasteiger partial charge in [-0.3, -0.25) is 5.10 Å². The Morgan fingerprint density at radius 1 is 1.38 bits per heavy atom. The summed E-state index contributed by atoms with van der Waals surface area (Å²) in [6.45, 7) is 0. The Kier molecular flexibility index (Phi) is 2.28. The fourth-order valence-corrected chi connectivity index (χ4v) is 1.58. The Bertz CT molecular complexity index is 434. The lowest BCUT2D eigenvalue weighted by Gasteiger charge is -1.97. The average Bonchev–Trinajstić information content (AvgIpc) is 2.53. The van der Waals surface area contributed by atoms with Gasteiger partial charge in [0.2, 0.25) is 5.13 Å². The molecule has 7 heteroatoms. The number of nitrogens with zero attached hydrogens (tertiary/aromatic N) is 3. The smallest absolute Gasteiger partial charge is 0.208 e. The Labute approximate surface area is 82.9 Å². The van der Waals surface area contributed by atoms with E-state index in [4.69, 9.17) is 12.2 Å². The predicted octanol–water partition coefficient (Wildman–Crippen LogP) is 1.73. The van der Waals surface area contributed by atoms with Crippen LogP contribution < -0.4 is 5.32 Å². The van der Waals surface area contributed by atoms with Crippen LogP contribution in [0.5, 0.6) is 0 Å². The van der Waals surface area contributed by atoms with Crippen molar-refractivity contribution in [2.45, 2.75) is 0 Å². The van der Waals surface area contributed by atoms with Crippen molar-refractivity contribution in [2.75, 3.05) is 5.32 Å². The molecule has 13 heavy (non-hydrogen) atoms. The SMILES string of the molecule is S=c1[nH]nc(Nc2cncnc2)s1. The van der Waals surface area contributed by atoms with Crippen molar-refractivity contribution in [3.8, 4) is 0 Å². The van der Waals surface area contributed by atoms with Crippen LogP contribution in [-0.4, -0.2) is 20.2 Å². The van der Waals surface area contributed by atoms with Crippen LogP contribution in [-0.2, 0) is 0 Å². The number of aromatic amines is 1. The van der Waals surface area contributed by atoms with E-state index in [0.29, 0.717) is 9.09 Å². The molecule has 0 saturated carbocycles. The van der Waals surface area contributed by atoms with Gasteiger partial charge in [0.05, 0.1) is 18.1 Å². The van der Waals surface area contributed by atoms with E-state index in [1.54, 1.807) is 12.4 Å². The number of hydrogen-bond donors (Lipinski definition) is 2. The lowest BCUT2D eigenvalue weighted by atomic mass is 10.5. The molecule has 0 radical (unpaired) electrons. The molecule has 2 N–H and O–H groups in total. The third-order valence-electron chi connectivity index (χ3n) is 1.25. The zero-order chi connectivity index (χ0) is 9.10. The lowest BCUT2D eigenvalue weighted by molar-refractivity contribution is 1.08. The summed E-state index contributed by atoms with van der Waals surface area (Å²) in [7, 11) is 0. The Morgan fingerprint density at radius 3 is 2.77 bits per heavy atom. The first-order chi connectivity index (χ1) is 6.34. The highest BCUT2D eigenvalue weighted by Crippen LogP contribution is 2.16. The Morgan fingerprint density at radius 2 is 2.15 bits per heavy atom. The quantitative estimate of drug-likeness (QED) is 0.740. The first-order valence-corrected chi connectivity index (χ1v) is 4.64. The van der Waals surface area contributed by atoms with Gasteiger partial charge in [0, 0.05) is 0 Å². The zero-order valence-corrected chi connectivity index (χ0v) is 8.02. The largest absolute Gasteiger partial charge is 0.328 e. The number of anilines is 2. The summed E-state index contributed by atoms with van der Waals surface area (Å²) in [5, 5.41) is 10.3. The van der Waals surface area contributed by atoms with Gasteiger partial charge in [0.1, 0.15) is 6.33 Å². The lowest BCUT2D eigenvalue weighted by Crippen LogP contribution is -1.90. The standard InChI is InChI=1S/C6H5N5S2/c12-6-11-10-5(13-6)9-4-1-7-3-8-2-4/h1-3H,(H,9,10)(H,11,12). The van der Waals surface area contributed by atoms with Crippen LogP contribution in [0.15, 0.2) is 18.7 Å². The molecule has 2 aromatic heterocycles. The summed E-state index contributed by atoms with van der Waals surface area (Å²) in [5.74, 6) is 0. The van der Waals surface area contributed by atoms with Crippen LogP contribution in [0.4, 0.5) is 10.8 Å². The van der Waals surface area contributed by atoms with Gasteiger partial charge in [-0.25, -0.2) is 9.97 Å². The summed E-state index contributed by atoms with van der Waals surface area (Å²) in [6, 6.07) is 0. The van der Waals surface area contributed by atoms with Gasteiger partial charge in [0.15, 0.2) is 3.95 Å². The molecule has 0 bridgehead atoms. The van der Waals surface area contributed by atoms with Gasteiger partial charge in [-0.1, -0.05) is 11.3 Å². The molecule has 0 spiro atoms. The van der Waals surface area contributed by atoms with Gasteiger partial charge in [-0.15, -0.1) is 5.10 Å². The second-order valence-electron chi connectivity index (χ2n) is 2.17. The van der Waals surface area contributed by atoms with Crippen LogP contribution in [0.25, 0.3) is 0 Å². The van der Waals surface area contributed by atoms with Gasteiger partial charge < -0.3 is 5.32 Å². The van der Waals surface area contributed by atoms with E-state index in [-0.39, 0.29) is 0 Å². The van der Waals surface area contributed by atoms with Gasteiger partial charge in [-0.05, 0) is 12.2 Å². The topological polar surface area (TPSA) is 66.5 Å². The van der Waals surface area contributed by atoms with Crippen LogP contribution in [0.1, 0.15) is 0 Å². The molecule has 0 aliphatic rings. The molecule has 2 rings (SSSR count). The minimum absolute atomic E-state index is 0.638. The van der Waals surface area contributed by atoms with Gasteiger partial charge in [0.25, 0.3) is 0 Å². The number of nitrogens with one attached hydrogen (secondary N) is 2. The second kappa shape index (κ2) is 3.58. The minimum atomic E-state index is 0.638. The molecule has 0 amide bonds. The zero-order valence-electron chi connectivity index (χ0n) is 6.39. The highest BCUT2D eigenvalue weighted by Gasteiger charge is 1.97. The van der Waals surface area contributed by atoms with E-state index in [1.165, 1.54) is 17.7 Å². The molecule has 5 nitrogen and oxygen atoms in total. The van der Waals surface area contributed by atoms with Crippen molar-refractivity contribution in [2.24, 2.45) is 0 Å². The van der Waals surface area contributed by atoms with E-state index in [0.717, 1.165) is 5.69 Å². The number of rotatable bonds is 2. The third kappa shape index (κ3) is 2.07. The molecule has 0 aromatic carbocycles. The third-order valence-corrected chi connectivity index (χ3v) is 2.25. The number of hydrogen-bond acceptors (Lipinski definition) is 6. The van der Waals surface area contributed by atoms with Crippen molar-refractivity contribution in [1.82, 2.24) is 20.2 Å². The van der Waals surface area contributed by atoms with Crippen molar-refractivity contribution >= 4 is 34.4 Å². The van der Waals surface area contributed by atoms with Crippen LogP contribution in [0.3, 0.4) is 0 Å². The minimum Gasteiger partial charge on any atom is -0.328 e. The van der Waals surface area contributed by atoms with Crippen LogP contribution >= 0.6 is 23.6 Å². The summed E-state index contributed by atoms with van der Waals surface area (Å²) < 4.78 is 0.638. The van der Waals surface area contributed by atoms with Crippen molar-refractivity contribution in [3.05, 3.63) is 22.7 Å². The maximum atomic E-state index is 4.88. The number of H-pyrrole nitrogens is 1. The molecular weight excluding hydrogens is 206 g/mol. The fraction of sp³-hybridized carbons (Fsp3) is 0. The monoisotopic (exact) mass is 211 g/mol. The molecule has 0 saturated heterocycles. The van der Waals surface area contributed by atoms with Crippen molar-refractivity contribution in [1.29, 1.82) is 0 Å². The van der Waals surface area contributed by atoms with E-state index < -0.39 is 0 Å². The van der Waals surface area contributed by atoms with Crippen LogP contribution in [0, 0.1) is 3.95 Å². The molecule has 66 valence electrons. The molecule has 0 atom stereocenters. The predicted molar refractivity (Wildman–Crippen MR) is 52.6 cm³/mol. The molecular formula is C6H5N5S2. The maximum Gasteiger partial charge on any atom is 0.208 e. The normalized spacial score (nSPS) is 9.85. The summed E-state index contributed by atoms with van der Waals surface area (Å²) >= 11 is 6.24. The van der Waals surface area contributed by atoms with Crippen LogP contribution in [0.2, 0.25) is 0 Å². The molecule has 0 fully saturated rings. The van der Waals surface area contributed by atoms with Crippen molar-refractivity contribution in [3.63, 3.8) is 0 Å². The average molecular weight is 211 g/mol. The highest BCUT2D eigenvalue weighted by molar-refractivity contribution is 7.73. The highest BCUT2D eigenvalue weighted by atomic mass is 32.1. The van der Waals surface area contributed by atoms with E-state index in [2.05, 4.69) is 25.5 Å². The van der Waals surface area contributed by atoms with Gasteiger partial charge in [-0.2, -0.15) is 0 Å². The van der Waals surface area contributed by atoms with E-state index >= 15 is 0 Å². The molecule has 0 aliphatic carbocycles. The first-order valence-electron chi connectivity index (χ1n) is 3.42. The summed E-state index contributed by atoms with van der Waals surface area (Å²) in [4.78, 5) is 7.71. The Hall–Kier alpha value is -1.34. The Balaban J connectivity index is 2.20. The fourth-order valence-electron chi connectivity index (χ4n) is 0.770. The molecule has 2 heterocycles. The molecule has 0 unspecified atom stereocenters. The van der Waals surface area contributed by atoms with E-state index in [1.807, 2.05) is 0 Å². The molecule has 2 aromatic rings. The van der Waals surface area contributed by atoms with Gasteiger partial charge >= 0.3 is 0 Å². The summed E-state index contributed by atoms with van der Waals surface area (Å²) in [6.07, 6.45) is 4.80. The van der Waals surface area contributed by atoms with Crippen molar-refractivity contribution < 1.29 is 0 Å². The first kappa shape index (κ1) is 8.27.